The highest BCUT2D eigenvalue weighted by Crippen LogP contribution is 2.10. The van der Waals surface area contributed by atoms with Crippen molar-refractivity contribution in [3.8, 4) is 0 Å². The highest BCUT2D eigenvalue weighted by atomic mass is 127. The average molecular weight is 256 g/mol. The number of hydrogen-bond donors (Lipinski definition) is 0. The maximum atomic E-state index is 4.32. The van der Waals surface area contributed by atoms with Crippen LogP contribution in [0.2, 0.25) is 0 Å². The van der Waals surface area contributed by atoms with E-state index in [1.54, 1.807) is 6.20 Å². The largest absolute Gasteiger partial charge is 0.264 e. The van der Waals surface area contributed by atoms with Crippen LogP contribution in [0.4, 0.5) is 0 Å². The molecule has 0 saturated heterocycles. The molecule has 3 heteroatoms. The van der Waals surface area contributed by atoms with Crippen LogP contribution in [-0.4, -0.2) is 9.97 Å². The first-order valence-electron chi connectivity index (χ1n) is 3.22. The molecule has 0 fully saturated rings. The van der Waals surface area contributed by atoms with Crippen LogP contribution in [-0.2, 0) is 0 Å². The molecule has 2 aromatic heterocycles. The van der Waals surface area contributed by atoms with E-state index >= 15 is 0 Å². The van der Waals surface area contributed by atoms with Crippen molar-refractivity contribution >= 4 is 33.5 Å². The van der Waals surface area contributed by atoms with Crippen molar-refractivity contribution in [3.63, 3.8) is 0 Å². The summed E-state index contributed by atoms with van der Waals surface area (Å²) in [4.78, 5) is 8.32. The van der Waals surface area contributed by atoms with E-state index in [2.05, 4.69) is 32.6 Å². The van der Waals surface area contributed by atoms with Crippen LogP contribution in [0.15, 0.2) is 30.6 Å². The van der Waals surface area contributed by atoms with Crippen molar-refractivity contribution in [3.05, 3.63) is 34.3 Å². The first-order chi connectivity index (χ1) is 5.36. The molecule has 0 radical (unpaired) electrons. The lowest BCUT2D eigenvalue weighted by Gasteiger charge is -1.94. The van der Waals surface area contributed by atoms with Gasteiger partial charge in [-0.25, -0.2) is 4.98 Å². The first kappa shape index (κ1) is 6.97. The van der Waals surface area contributed by atoms with E-state index < -0.39 is 0 Å². The first-order valence-corrected chi connectivity index (χ1v) is 4.30. The minimum atomic E-state index is 1.01. The molecule has 0 unspecified atom stereocenters. The molecular weight excluding hydrogens is 251 g/mol. The van der Waals surface area contributed by atoms with Crippen LogP contribution >= 0.6 is 22.6 Å². The van der Waals surface area contributed by atoms with Crippen molar-refractivity contribution < 1.29 is 0 Å². The third-order valence-electron chi connectivity index (χ3n) is 1.46. The van der Waals surface area contributed by atoms with Crippen LogP contribution in [0.1, 0.15) is 0 Å². The molecule has 54 valence electrons. The van der Waals surface area contributed by atoms with Gasteiger partial charge in [-0.15, -0.1) is 0 Å². The van der Waals surface area contributed by atoms with Gasteiger partial charge in [0.25, 0.3) is 0 Å². The van der Waals surface area contributed by atoms with Crippen LogP contribution in [0.3, 0.4) is 0 Å². The molecule has 0 atom stereocenters. The van der Waals surface area contributed by atoms with Gasteiger partial charge in [-0.05, 0) is 40.8 Å². The summed E-state index contributed by atoms with van der Waals surface area (Å²) in [6.07, 6.45) is 3.57. The molecule has 0 saturated carbocycles. The summed E-state index contributed by atoms with van der Waals surface area (Å²) in [6, 6.07) is 5.92. The van der Waals surface area contributed by atoms with Crippen molar-refractivity contribution in [1.82, 2.24) is 9.97 Å². The van der Waals surface area contributed by atoms with E-state index in [-0.39, 0.29) is 0 Å². The molecule has 0 aliphatic carbocycles. The Labute approximate surface area is 77.8 Å². The molecule has 0 aromatic carbocycles. The maximum Gasteiger partial charge on any atom is 0.102 e. The smallest absolute Gasteiger partial charge is 0.102 e. The lowest BCUT2D eigenvalue weighted by molar-refractivity contribution is 1.30. The molecule has 0 aliphatic rings. The molecular formula is C8H5IN2. The van der Waals surface area contributed by atoms with Gasteiger partial charge < -0.3 is 0 Å². The van der Waals surface area contributed by atoms with Crippen molar-refractivity contribution in [1.29, 1.82) is 0 Å². The van der Waals surface area contributed by atoms with Crippen molar-refractivity contribution in [2.24, 2.45) is 0 Å². The minimum absolute atomic E-state index is 1.01. The second kappa shape index (κ2) is 2.73. The van der Waals surface area contributed by atoms with Gasteiger partial charge >= 0.3 is 0 Å². The Bertz CT molecular complexity index is 387. The highest BCUT2D eigenvalue weighted by molar-refractivity contribution is 14.1. The lowest BCUT2D eigenvalue weighted by atomic mass is 10.3. The fourth-order valence-corrected chi connectivity index (χ4v) is 1.38. The van der Waals surface area contributed by atoms with E-state index in [4.69, 9.17) is 0 Å². The van der Waals surface area contributed by atoms with Crippen molar-refractivity contribution in [2.75, 3.05) is 0 Å². The number of hydrogen-bond acceptors (Lipinski definition) is 2. The topological polar surface area (TPSA) is 25.8 Å². The van der Waals surface area contributed by atoms with Gasteiger partial charge in [-0.1, -0.05) is 0 Å². The van der Waals surface area contributed by atoms with Gasteiger partial charge in [-0.3, -0.25) is 4.98 Å². The highest BCUT2D eigenvalue weighted by Gasteiger charge is 1.92. The third-order valence-corrected chi connectivity index (χ3v) is 2.06. The molecule has 0 aliphatic heterocycles. The van der Waals surface area contributed by atoms with Gasteiger partial charge in [0.2, 0.25) is 0 Å². The molecule has 2 heterocycles. The Hall–Kier alpha value is -0.710. The van der Waals surface area contributed by atoms with Gasteiger partial charge in [0, 0.05) is 17.8 Å². The monoisotopic (exact) mass is 256 g/mol. The number of fused-ring (bicyclic) bond motifs is 1. The summed E-state index contributed by atoms with van der Waals surface area (Å²) in [7, 11) is 0. The molecule has 2 nitrogen and oxygen atoms in total. The van der Waals surface area contributed by atoms with Crippen LogP contribution in [0, 0.1) is 3.70 Å². The summed E-state index contributed by atoms with van der Waals surface area (Å²) < 4.78 is 1.02. The fraction of sp³-hybridized carbons (Fsp3) is 0. The Morgan fingerprint density at radius 1 is 1.18 bits per heavy atom. The summed E-state index contributed by atoms with van der Waals surface area (Å²) in [5, 5.41) is 1.09. The van der Waals surface area contributed by atoms with Gasteiger partial charge in [0.15, 0.2) is 0 Å². The molecule has 0 amide bonds. The fourth-order valence-electron chi connectivity index (χ4n) is 0.940. The summed E-state index contributed by atoms with van der Waals surface area (Å²) in [6.45, 7) is 0. The van der Waals surface area contributed by atoms with Crippen molar-refractivity contribution in [2.45, 2.75) is 0 Å². The van der Waals surface area contributed by atoms with E-state index in [0.717, 1.165) is 14.6 Å². The van der Waals surface area contributed by atoms with Crippen LogP contribution < -0.4 is 0 Å². The summed E-state index contributed by atoms with van der Waals surface area (Å²) in [5.41, 5.74) is 1.01. The third kappa shape index (κ3) is 1.33. The number of halogens is 1. The maximum absolute atomic E-state index is 4.32. The second-order valence-electron chi connectivity index (χ2n) is 2.20. The molecule has 0 bridgehead atoms. The Kier molecular flexibility index (Phi) is 1.73. The van der Waals surface area contributed by atoms with E-state index in [9.17, 15) is 0 Å². The number of nitrogens with zero attached hydrogens (tertiary/aromatic N) is 2. The van der Waals surface area contributed by atoms with Gasteiger partial charge in [0.05, 0.1) is 5.52 Å². The zero-order valence-corrected chi connectivity index (χ0v) is 7.82. The van der Waals surface area contributed by atoms with E-state index in [1.807, 2.05) is 24.4 Å². The molecule has 2 aromatic rings. The Morgan fingerprint density at radius 3 is 3.00 bits per heavy atom. The predicted octanol–water partition coefficient (Wildman–Crippen LogP) is 2.23. The molecule has 11 heavy (non-hydrogen) atoms. The Balaban J connectivity index is 2.83. The predicted molar refractivity (Wildman–Crippen MR) is 52.3 cm³/mol. The molecule has 2 rings (SSSR count). The normalized spacial score (nSPS) is 10.3. The summed E-state index contributed by atoms with van der Waals surface area (Å²) >= 11 is 2.20. The quantitative estimate of drug-likeness (QED) is 0.533. The molecule has 0 spiro atoms. The minimum Gasteiger partial charge on any atom is -0.264 e. The number of aromatic nitrogens is 2. The second-order valence-corrected chi connectivity index (χ2v) is 3.31. The zero-order valence-electron chi connectivity index (χ0n) is 5.66. The summed E-state index contributed by atoms with van der Waals surface area (Å²) in [5.74, 6) is 0. The van der Waals surface area contributed by atoms with Gasteiger partial charge in [0.1, 0.15) is 3.70 Å². The van der Waals surface area contributed by atoms with Gasteiger partial charge in [-0.2, -0.15) is 0 Å². The molecule has 0 N–H and O–H groups in total. The zero-order chi connectivity index (χ0) is 7.68. The van der Waals surface area contributed by atoms with Crippen LogP contribution in [0.5, 0.6) is 0 Å². The number of pyridine rings is 2. The number of rotatable bonds is 0. The van der Waals surface area contributed by atoms with E-state index in [0.29, 0.717) is 0 Å². The standard InChI is InChI=1S/C8H5IN2/c9-8-2-1-6-5-10-4-3-7(6)11-8/h1-5H. The average Bonchev–Trinajstić information content (AvgIpc) is 2.04. The Morgan fingerprint density at radius 2 is 2.09 bits per heavy atom. The lowest BCUT2D eigenvalue weighted by Crippen LogP contribution is -1.82. The van der Waals surface area contributed by atoms with E-state index in [1.165, 1.54) is 0 Å². The SMILES string of the molecule is Ic1ccc2cnccc2n1. The van der Waals surface area contributed by atoms with Crippen LogP contribution in [0.25, 0.3) is 10.9 Å².